The zero-order chi connectivity index (χ0) is 15.5. The van der Waals surface area contributed by atoms with Crippen LogP contribution >= 0.6 is 0 Å². The van der Waals surface area contributed by atoms with Crippen LogP contribution in [0, 0.1) is 0 Å². The van der Waals surface area contributed by atoms with Gasteiger partial charge in [0.05, 0.1) is 6.10 Å². The lowest BCUT2D eigenvalue weighted by Crippen LogP contribution is -2.17. The van der Waals surface area contributed by atoms with E-state index >= 15 is 0 Å². The highest BCUT2D eigenvalue weighted by Gasteiger charge is 2.18. The highest BCUT2D eigenvalue weighted by atomic mass is 16.5. The average molecular weight is 306 g/mol. The monoisotopic (exact) mass is 306 g/mol. The second-order valence-electron chi connectivity index (χ2n) is 5.71. The Morgan fingerprint density at radius 3 is 2.52 bits per heavy atom. The van der Waals surface area contributed by atoms with E-state index in [2.05, 4.69) is 16.3 Å². The molecule has 4 nitrogen and oxygen atoms in total. The van der Waals surface area contributed by atoms with Crippen LogP contribution in [0.3, 0.4) is 0 Å². The van der Waals surface area contributed by atoms with Crippen LogP contribution in [0.25, 0.3) is 22.0 Å². The summed E-state index contributed by atoms with van der Waals surface area (Å²) >= 11 is 0. The van der Waals surface area contributed by atoms with E-state index < -0.39 is 0 Å². The third-order valence-corrected chi connectivity index (χ3v) is 4.13. The molecule has 0 saturated carbocycles. The molecule has 0 amide bonds. The molecule has 0 bridgehead atoms. The maximum absolute atomic E-state index is 5.90. The lowest BCUT2D eigenvalue weighted by atomic mass is 10.1. The standard InChI is InChI=1S/C19H18N2O2/c1-2-7-14(8-3-1)18-16-10-4-5-11-17(16)19(21-20-18)23-13-15-9-6-12-22-15/h1-5,7-8,10-11,15H,6,9,12-13H2/t15-/m0/s1. The van der Waals surface area contributed by atoms with E-state index in [1.165, 1.54) is 0 Å². The third kappa shape index (κ3) is 2.90. The summed E-state index contributed by atoms with van der Waals surface area (Å²) in [6.07, 6.45) is 2.32. The van der Waals surface area contributed by atoms with Crippen molar-refractivity contribution in [1.82, 2.24) is 10.2 Å². The highest BCUT2D eigenvalue weighted by molar-refractivity contribution is 5.96. The van der Waals surface area contributed by atoms with Crippen molar-refractivity contribution < 1.29 is 9.47 Å². The molecule has 0 N–H and O–H groups in total. The lowest BCUT2D eigenvalue weighted by molar-refractivity contribution is 0.0666. The van der Waals surface area contributed by atoms with E-state index in [9.17, 15) is 0 Å². The smallest absolute Gasteiger partial charge is 0.241 e. The molecule has 0 spiro atoms. The third-order valence-electron chi connectivity index (χ3n) is 4.13. The Bertz CT molecular complexity index is 799. The van der Waals surface area contributed by atoms with Crippen molar-refractivity contribution in [3.05, 3.63) is 54.6 Å². The van der Waals surface area contributed by atoms with E-state index in [4.69, 9.17) is 9.47 Å². The van der Waals surface area contributed by atoms with E-state index in [1.54, 1.807) is 0 Å². The fourth-order valence-corrected chi connectivity index (χ4v) is 2.94. The Kier molecular flexibility index (Phi) is 3.90. The van der Waals surface area contributed by atoms with Gasteiger partial charge in [-0.1, -0.05) is 48.5 Å². The van der Waals surface area contributed by atoms with Crippen molar-refractivity contribution in [2.75, 3.05) is 13.2 Å². The maximum Gasteiger partial charge on any atom is 0.241 e. The predicted molar refractivity (Wildman–Crippen MR) is 89.4 cm³/mol. The molecule has 0 radical (unpaired) electrons. The molecule has 4 rings (SSSR count). The zero-order valence-corrected chi connectivity index (χ0v) is 12.8. The first-order valence-corrected chi connectivity index (χ1v) is 7.97. The number of benzene rings is 2. The van der Waals surface area contributed by atoms with Gasteiger partial charge in [-0.2, -0.15) is 0 Å². The minimum absolute atomic E-state index is 0.171. The fourth-order valence-electron chi connectivity index (χ4n) is 2.94. The SMILES string of the molecule is c1ccc(-c2nnc(OC[C@@H]3CCCO3)c3ccccc23)cc1. The number of ether oxygens (including phenoxy) is 2. The second-order valence-corrected chi connectivity index (χ2v) is 5.71. The number of aromatic nitrogens is 2. The molecule has 1 aliphatic rings. The molecule has 1 fully saturated rings. The molecule has 116 valence electrons. The summed E-state index contributed by atoms with van der Waals surface area (Å²) in [4.78, 5) is 0. The second kappa shape index (κ2) is 6.34. The van der Waals surface area contributed by atoms with Crippen molar-refractivity contribution in [1.29, 1.82) is 0 Å². The van der Waals surface area contributed by atoms with Gasteiger partial charge in [-0.05, 0) is 18.9 Å². The fraction of sp³-hybridized carbons (Fsp3) is 0.263. The van der Waals surface area contributed by atoms with Gasteiger partial charge >= 0.3 is 0 Å². The Balaban J connectivity index is 1.70. The molecule has 23 heavy (non-hydrogen) atoms. The molecule has 0 unspecified atom stereocenters. The molecule has 1 aromatic heterocycles. The summed E-state index contributed by atoms with van der Waals surface area (Å²) in [6.45, 7) is 1.36. The van der Waals surface area contributed by atoms with E-state index in [0.717, 1.165) is 41.5 Å². The Morgan fingerprint density at radius 1 is 0.957 bits per heavy atom. The first-order valence-electron chi connectivity index (χ1n) is 7.97. The number of rotatable bonds is 4. The Hall–Kier alpha value is -2.46. The number of hydrogen-bond donors (Lipinski definition) is 0. The van der Waals surface area contributed by atoms with Gasteiger partial charge in [0.1, 0.15) is 12.3 Å². The van der Waals surface area contributed by atoms with Gasteiger partial charge in [-0.25, -0.2) is 0 Å². The van der Waals surface area contributed by atoms with E-state index in [-0.39, 0.29) is 6.10 Å². The van der Waals surface area contributed by atoms with E-state index in [1.807, 2.05) is 48.5 Å². The first kappa shape index (κ1) is 14.2. The topological polar surface area (TPSA) is 44.2 Å². The Morgan fingerprint density at radius 2 is 1.74 bits per heavy atom. The predicted octanol–water partition coefficient (Wildman–Crippen LogP) is 3.85. The molecule has 1 saturated heterocycles. The van der Waals surface area contributed by atoms with Crippen molar-refractivity contribution in [3.8, 4) is 17.1 Å². The van der Waals surface area contributed by atoms with E-state index in [0.29, 0.717) is 12.5 Å². The van der Waals surface area contributed by atoms with Gasteiger partial charge in [-0.3, -0.25) is 0 Å². The average Bonchev–Trinajstić information content (AvgIpc) is 3.14. The molecular weight excluding hydrogens is 288 g/mol. The summed E-state index contributed by atoms with van der Waals surface area (Å²) in [5, 5.41) is 10.8. The van der Waals surface area contributed by atoms with Gasteiger partial charge < -0.3 is 9.47 Å². The summed E-state index contributed by atoms with van der Waals surface area (Å²) in [5.74, 6) is 0.579. The van der Waals surface area contributed by atoms with Crippen LogP contribution < -0.4 is 4.74 Å². The largest absolute Gasteiger partial charge is 0.473 e. The van der Waals surface area contributed by atoms with Crippen molar-refractivity contribution in [2.24, 2.45) is 0 Å². The maximum atomic E-state index is 5.90. The molecular formula is C19H18N2O2. The van der Waals surface area contributed by atoms with Crippen LogP contribution in [-0.4, -0.2) is 29.5 Å². The van der Waals surface area contributed by atoms with Gasteiger partial charge in [0, 0.05) is 22.9 Å². The molecule has 0 aliphatic carbocycles. The van der Waals surface area contributed by atoms with Gasteiger partial charge in [0.2, 0.25) is 5.88 Å². The number of fused-ring (bicyclic) bond motifs is 1. The molecule has 1 atom stereocenters. The van der Waals surface area contributed by atoms with Gasteiger partial charge in [-0.15, -0.1) is 10.2 Å². The summed E-state index contributed by atoms with van der Waals surface area (Å²) in [5.41, 5.74) is 1.94. The van der Waals surface area contributed by atoms with Crippen LogP contribution in [0.15, 0.2) is 54.6 Å². The van der Waals surface area contributed by atoms with Crippen LogP contribution in [0.1, 0.15) is 12.8 Å². The summed E-state index contributed by atoms with van der Waals surface area (Å²) < 4.78 is 11.5. The number of nitrogens with zero attached hydrogens (tertiary/aromatic N) is 2. The van der Waals surface area contributed by atoms with Crippen LogP contribution in [0.4, 0.5) is 0 Å². The molecule has 2 heterocycles. The Labute approximate surface area is 135 Å². The van der Waals surface area contributed by atoms with Crippen molar-refractivity contribution >= 4 is 10.8 Å². The highest BCUT2D eigenvalue weighted by Crippen LogP contribution is 2.30. The molecule has 1 aliphatic heterocycles. The van der Waals surface area contributed by atoms with Gasteiger partial charge in [0.25, 0.3) is 0 Å². The van der Waals surface area contributed by atoms with Crippen LogP contribution in [0.2, 0.25) is 0 Å². The van der Waals surface area contributed by atoms with Crippen LogP contribution in [0.5, 0.6) is 5.88 Å². The molecule has 3 aromatic rings. The minimum atomic E-state index is 0.171. The minimum Gasteiger partial charge on any atom is -0.473 e. The normalized spacial score (nSPS) is 17.5. The van der Waals surface area contributed by atoms with Crippen molar-refractivity contribution in [2.45, 2.75) is 18.9 Å². The van der Waals surface area contributed by atoms with Crippen LogP contribution in [-0.2, 0) is 4.74 Å². The quantitative estimate of drug-likeness (QED) is 0.734. The van der Waals surface area contributed by atoms with Gasteiger partial charge in [0.15, 0.2) is 0 Å². The summed E-state index contributed by atoms with van der Waals surface area (Å²) in [7, 11) is 0. The number of hydrogen-bond acceptors (Lipinski definition) is 4. The summed E-state index contributed by atoms with van der Waals surface area (Å²) in [6, 6.07) is 18.2. The molecule has 4 heteroatoms. The van der Waals surface area contributed by atoms with Crippen molar-refractivity contribution in [3.63, 3.8) is 0 Å². The first-order chi connectivity index (χ1) is 11.4. The lowest BCUT2D eigenvalue weighted by Gasteiger charge is -2.13. The zero-order valence-electron chi connectivity index (χ0n) is 12.8. The molecule has 2 aromatic carbocycles.